The van der Waals surface area contributed by atoms with Crippen molar-refractivity contribution in [1.82, 2.24) is 4.72 Å². The minimum atomic E-state index is 0.812. The Balaban J connectivity index is 1.89. The van der Waals surface area contributed by atoms with E-state index >= 15 is 0 Å². The normalized spacial score (nSPS) is 12.9. The number of hydrogen-bond donors (Lipinski definition) is 1. The molecule has 0 saturated heterocycles. The van der Waals surface area contributed by atoms with Crippen LogP contribution in [-0.4, -0.2) is 6.54 Å². The molecule has 0 atom stereocenters. The van der Waals surface area contributed by atoms with Gasteiger partial charge in [0.25, 0.3) is 0 Å². The number of fused-ring (bicyclic) bond motifs is 2. The minimum Gasteiger partial charge on any atom is -0.260 e. The summed E-state index contributed by atoms with van der Waals surface area (Å²) < 4.78 is 3.47. The summed E-state index contributed by atoms with van der Waals surface area (Å²) in [5.74, 6) is 0. The quantitative estimate of drug-likeness (QED) is 0.343. The standard InChI is InChI=1S/C26H26ClNS/c1-3-14-28-29-26-15-18(2)25(27)17-21(26)16-24-22-10-6-4-8-19(22)12-13-20-9-5-7-11-23(20)24/h4-11,15-17,28H,3,12-14H2,1-2H3. The van der Waals surface area contributed by atoms with Crippen molar-refractivity contribution < 1.29 is 0 Å². The van der Waals surface area contributed by atoms with Crippen LogP contribution in [0.2, 0.25) is 5.02 Å². The predicted octanol–water partition coefficient (Wildman–Crippen LogP) is 7.34. The van der Waals surface area contributed by atoms with E-state index in [0.29, 0.717) is 0 Å². The van der Waals surface area contributed by atoms with Crippen molar-refractivity contribution in [3.63, 3.8) is 0 Å². The molecule has 0 aromatic heterocycles. The summed E-state index contributed by atoms with van der Waals surface area (Å²) in [6.07, 6.45) is 5.57. The molecule has 0 amide bonds. The fourth-order valence-corrected chi connectivity index (χ4v) is 4.94. The maximum absolute atomic E-state index is 6.54. The monoisotopic (exact) mass is 419 g/mol. The summed E-state index contributed by atoms with van der Waals surface area (Å²) in [4.78, 5) is 1.21. The van der Waals surface area contributed by atoms with Crippen LogP contribution in [0.3, 0.4) is 0 Å². The molecule has 29 heavy (non-hydrogen) atoms. The molecule has 1 aliphatic rings. The van der Waals surface area contributed by atoms with Crippen molar-refractivity contribution in [3.8, 4) is 0 Å². The number of rotatable bonds is 5. The Kier molecular flexibility index (Phi) is 6.44. The van der Waals surface area contributed by atoms with Gasteiger partial charge in [0.1, 0.15) is 0 Å². The van der Waals surface area contributed by atoms with Gasteiger partial charge in [-0.05, 0) is 95.3 Å². The fraction of sp³-hybridized carbons (Fsp3) is 0.231. The Hall–Kier alpha value is -2.00. The second-order valence-corrected chi connectivity index (χ2v) is 8.85. The molecule has 3 heteroatoms. The summed E-state index contributed by atoms with van der Waals surface area (Å²) in [5.41, 5.74) is 9.02. The predicted molar refractivity (Wildman–Crippen MR) is 128 cm³/mol. The Morgan fingerprint density at radius 2 is 1.59 bits per heavy atom. The lowest BCUT2D eigenvalue weighted by atomic mass is 9.92. The van der Waals surface area contributed by atoms with Gasteiger partial charge in [0.2, 0.25) is 0 Å². The van der Waals surface area contributed by atoms with Crippen LogP contribution in [0.1, 0.15) is 46.7 Å². The molecule has 4 rings (SSSR count). The molecule has 0 spiro atoms. The van der Waals surface area contributed by atoms with Crippen LogP contribution in [0.4, 0.5) is 0 Å². The zero-order valence-electron chi connectivity index (χ0n) is 17.0. The molecule has 0 aliphatic heterocycles. The van der Waals surface area contributed by atoms with Crippen LogP contribution in [0.15, 0.2) is 65.6 Å². The molecule has 0 unspecified atom stereocenters. The zero-order valence-corrected chi connectivity index (χ0v) is 18.5. The third kappa shape index (κ3) is 4.45. The number of nitrogens with one attached hydrogen (secondary N) is 1. The maximum Gasteiger partial charge on any atom is 0.0441 e. The molecular weight excluding hydrogens is 394 g/mol. The van der Waals surface area contributed by atoms with E-state index in [9.17, 15) is 0 Å². The lowest BCUT2D eigenvalue weighted by molar-refractivity contribution is 0.877. The number of halogens is 1. The number of aryl methyl sites for hydroxylation is 3. The average Bonchev–Trinajstić information content (AvgIpc) is 2.89. The van der Waals surface area contributed by atoms with E-state index in [1.165, 1.54) is 32.7 Å². The Morgan fingerprint density at radius 3 is 2.21 bits per heavy atom. The van der Waals surface area contributed by atoms with Gasteiger partial charge >= 0.3 is 0 Å². The van der Waals surface area contributed by atoms with E-state index in [1.54, 1.807) is 11.9 Å². The molecular formula is C26H26ClNS. The molecule has 3 aromatic carbocycles. The smallest absolute Gasteiger partial charge is 0.0441 e. The average molecular weight is 420 g/mol. The molecule has 3 aromatic rings. The van der Waals surface area contributed by atoms with Crippen molar-refractivity contribution in [2.45, 2.75) is 38.0 Å². The second kappa shape index (κ2) is 9.21. The van der Waals surface area contributed by atoms with Crippen molar-refractivity contribution in [2.75, 3.05) is 6.54 Å². The van der Waals surface area contributed by atoms with Gasteiger partial charge in [0, 0.05) is 16.5 Å². The first-order valence-electron chi connectivity index (χ1n) is 10.3. The van der Waals surface area contributed by atoms with Gasteiger partial charge in [0.15, 0.2) is 0 Å². The van der Waals surface area contributed by atoms with Crippen LogP contribution in [0.5, 0.6) is 0 Å². The molecule has 0 heterocycles. The first-order valence-corrected chi connectivity index (χ1v) is 11.4. The summed E-state index contributed by atoms with van der Waals surface area (Å²) in [6.45, 7) is 5.23. The second-order valence-electron chi connectivity index (χ2n) is 7.51. The zero-order chi connectivity index (χ0) is 20.2. The van der Waals surface area contributed by atoms with E-state index in [4.69, 9.17) is 11.6 Å². The topological polar surface area (TPSA) is 12.0 Å². The van der Waals surface area contributed by atoms with Crippen molar-refractivity contribution in [3.05, 3.63) is 99.1 Å². The van der Waals surface area contributed by atoms with Crippen LogP contribution in [0, 0.1) is 6.92 Å². The Morgan fingerprint density at radius 1 is 0.966 bits per heavy atom. The molecule has 0 fully saturated rings. The fourth-order valence-electron chi connectivity index (χ4n) is 3.83. The number of hydrogen-bond acceptors (Lipinski definition) is 2. The maximum atomic E-state index is 6.54. The van der Waals surface area contributed by atoms with Crippen LogP contribution in [-0.2, 0) is 12.8 Å². The highest BCUT2D eigenvalue weighted by Crippen LogP contribution is 2.37. The molecule has 1 aliphatic carbocycles. The van der Waals surface area contributed by atoms with E-state index in [0.717, 1.165) is 42.0 Å². The van der Waals surface area contributed by atoms with Crippen LogP contribution in [0.25, 0.3) is 11.6 Å². The molecule has 0 bridgehead atoms. The molecule has 1 N–H and O–H groups in total. The van der Waals surface area contributed by atoms with Gasteiger partial charge in [0.05, 0.1) is 0 Å². The third-order valence-electron chi connectivity index (χ3n) is 5.40. The van der Waals surface area contributed by atoms with E-state index in [2.05, 4.69) is 85.3 Å². The Labute approximate surface area is 183 Å². The van der Waals surface area contributed by atoms with Gasteiger partial charge < -0.3 is 0 Å². The van der Waals surface area contributed by atoms with Crippen molar-refractivity contribution in [2.24, 2.45) is 0 Å². The van der Waals surface area contributed by atoms with Crippen LogP contribution >= 0.6 is 23.5 Å². The lowest BCUT2D eigenvalue weighted by Gasteiger charge is -2.15. The summed E-state index contributed by atoms with van der Waals surface area (Å²) in [6, 6.07) is 21.9. The minimum absolute atomic E-state index is 0.812. The van der Waals surface area contributed by atoms with Gasteiger partial charge in [-0.15, -0.1) is 0 Å². The van der Waals surface area contributed by atoms with Gasteiger partial charge in [-0.3, -0.25) is 4.72 Å². The largest absolute Gasteiger partial charge is 0.260 e. The Bertz CT molecular complexity index is 1000. The van der Waals surface area contributed by atoms with Gasteiger partial charge in [-0.1, -0.05) is 67.1 Å². The molecule has 148 valence electrons. The highest BCUT2D eigenvalue weighted by molar-refractivity contribution is 7.97. The third-order valence-corrected chi connectivity index (χ3v) is 6.73. The van der Waals surface area contributed by atoms with Gasteiger partial charge in [-0.2, -0.15) is 0 Å². The summed E-state index contributed by atoms with van der Waals surface area (Å²) in [7, 11) is 0. The molecule has 0 radical (unpaired) electrons. The SMILES string of the molecule is CCCNSc1cc(C)c(Cl)cc1C=C1c2ccccc2CCc2ccccc21. The molecule has 1 nitrogen and oxygen atoms in total. The number of benzene rings is 3. The van der Waals surface area contributed by atoms with E-state index in [1.807, 2.05) is 0 Å². The first kappa shape index (κ1) is 20.3. The van der Waals surface area contributed by atoms with Crippen molar-refractivity contribution in [1.29, 1.82) is 0 Å². The van der Waals surface area contributed by atoms with E-state index < -0.39 is 0 Å². The molecule has 0 saturated carbocycles. The van der Waals surface area contributed by atoms with Gasteiger partial charge in [-0.25, -0.2) is 0 Å². The first-order chi connectivity index (χ1) is 14.2. The lowest BCUT2D eigenvalue weighted by Crippen LogP contribution is -2.04. The van der Waals surface area contributed by atoms with Crippen LogP contribution < -0.4 is 4.72 Å². The summed E-state index contributed by atoms with van der Waals surface area (Å²) >= 11 is 8.24. The highest BCUT2D eigenvalue weighted by Gasteiger charge is 2.18. The summed E-state index contributed by atoms with van der Waals surface area (Å²) in [5, 5.41) is 0.812. The van der Waals surface area contributed by atoms with Crippen molar-refractivity contribution >= 4 is 35.2 Å². The highest BCUT2D eigenvalue weighted by atomic mass is 35.5. The van der Waals surface area contributed by atoms with E-state index in [-0.39, 0.29) is 0 Å².